The summed E-state index contributed by atoms with van der Waals surface area (Å²) in [4.78, 5) is 40.1. The third kappa shape index (κ3) is 2.99. The molecule has 0 aromatic rings. The van der Waals surface area contributed by atoms with Gasteiger partial charge in [-0.2, -0.15) is 0 Å². The molecule has 4 saturated carbocycles. The van der Waals surface area contributed by atoms with Crippen molar-refractivity contribution in [2.45, 2.75) is 112 Å². The van der Waals surface area contributed by atoms with E-state index in [-0.39, 0.29) is 51.3 Å². The van der Waals surface area contributed by atoms with E-state index < -0.39 is 17.3 Å². The molecule has 0 unspecified atom stereocenters. The Morgan fingerprint density at radius 3 is 2.42 bits per heavy atom. The molecule has 2 bridgehead atoms. The SMILES string of the molecule is CO[C@@H]1O[C@@]23CC(=O)[C@@H]4[C@@]1(CC[C@]1(C)[C@@H]([C@H](C)CC(=O)C=C(C)C)CC[C@@]41C)[C@@H]2CCC(=O)C3(C)C. The first-order valence-electron chi connectivity index (χ1n) is 14.2. The minimum absolute atomic E-state index is 0.0237. The standard InChI is InChI=1S/C31H46O5/c1-18(2)15-20(32)16-19(3)21-11-12-29(7)25-22(33)17-31-23(9-10-24(34)27(31,4)5)30(25,26(35-8)36-31)14-13-28(21,29)6/h15,19,21,23,25-26H,9-14,16-17H2,1-8H3/t19-,21-,23+,25+,26-,28-,29+,30-,31+/m1/s1. The Hall–Kier alpha value is -1.33. The number of carbonyl (C=O) groups is 3. The highest BCUT2D eigenvalue weighted by Gasteiger charge is 2.82. The summed E-state index contributed by atoms with van der Waals surface area (Å²) >= 11 is 0. The number of ketones is 3. The molecule has 200 valence electrons. The molecule has 1 spiro atoms. The van der Waals surface area contributed by atoms with Crippen molar-refractivity contribution in [2.75, 3.05) is 7.11 Å². The van der Waals surface area contributed by atoms with Crippen LogP contribution < -0.4 is 0 Å². The van der Waals surface area contributed by atoms with E-state index in [1.54, 1.807) is 13.2 Å². The molecule has 1 heterocycles. The highest BCUT2D eigenvalue weighted by Crippen LogP contribution is 2.79. The van der Waals surface area contributed by atoms with Gasteiger partial charge in [0.1, 0.15) is 11.6 Å². The minimum Gasteiger partial charge on any atom is -0.355 e. The Bertz CT molecular complexity index is 1020. The normalized spacial score (nSPS) is 47.6. The molecule has 0 radical (unpaired) electrons. The van der Waals surface area contributed by atoms with Crippen LogP contribution in [-0.2, 0) is 23.9 Å². The molecule has 36 heavy (non-hydrogen) atoms. The summed E-state index contributed by atoms with van der Waals surface area (Å²) in [5, 5.41) is 0. The van der Waals surface area contributed by atoms with E-state index in [4.69, 9.17) is 9.47 Å². The first-order valence-corrected chi connectivity index (χ1v) is 14.2. The summed E-state index contributed by atoms with van der Waals surface area (Å²) in [6, 6.07) is 0. The van der Waals surface area contributed by atoms with Gasteiger partial charge in [-0.1, -0.05) is 40.2 Å². The number of hydrogen-bond donors (Lipinski definition) is 0. The Morgan fingerprint density at radius 2 is 1.78 bits per heavy atom. The van der Waals surface area contributed by atoms with E-state index >= 15 is 0 Å². The number of carbonyl (C=O) groups excluding carboxylic acids is 3. The van der Waals surface area contributed by atoms with Crippen molar-refractivity contribution in [1.29, 1.82) is 0 Å². The average molecular weight is 499 g/mol. The van der Waals surface area contributed by atoms with E-state index in [0.29, 0.717) is 25.2 Å². The maximum Gasteiger partial charge on any atom is 0.164 e. The van der Waals surface area contributed by atoms with E-state index in [1.807, 2.05) is 27.7 Å². The van der Waals surface area contributed by atoms with Gasteiger partial charge in [-0.3, -0.25) is 14.4 Å². The van der Waals surface area contributed by atoms with Crippen LogP contribution in [-0.4, -0.2) is 36.4 Å². The van der Waals surface area contributed by atoms with Gasteiger partial charge in [-0.15, -0.1) is 0 Å². The van der Waals surface area contributed by atoms with Gasteiger partial charge in [0.25, 0.3) is 0 Å². The lowest BCUT2D eigenvalue weighted by Crippen LogP contribution is -2.69. The summed E-state index contributed by atoms with van der Waals surface area (Å²) in [7, 11) is 1.71. The minimum atomic E-state index is -0.761. The Balaban J connectivity index is 1.55. The van der Waals surface area contributed by atoms with Crippen LogP contribution in [0.3, 0.4) is 0 Å². The molecule has 5 nitrogen and oxygen atoms in total. The van der Waals surface area contributed by atoms with Crippen molar-refractivity contribution in [1.82, 2.24) is 0 Å². The van der Waals surface area contributed by atoms with E-state index in [2.05, 4.69) is 20.8 Å². The maximum atomic E-state index is 14.3. The Morgan fingerprint density at radius 1 is 1.08 bits per heavy atom. The smallest absolute Gasteiger partial charge is 0.164 e. The summed E-state index contributed by atoms with van der Waals surface area (Å²) in [5.41, 5.74) is -0.995. The second-order valence-electron chi connectivity index (χ2n) is 14.3. The number of allylic oxidation sites excluding steroid dienone is 2. The largest absolute Gasteiger partial charge is 0.355 e. The number of rotatable bonds is 5. The van der Waals surface area contributed by atoms with E-state index in [1.165, 1.54) is 0 Å². The van der Waals surface area contributed by atoms with Crippen LogP contribution in [0.5, 0.6) is 0 Å². The summed E-state index contributed by atoms with van der Waals surface area (Å²) in [5.74, 6) is 1.39. The Kier molecular flexibility index (Phi) is 5.90. The monoisotopic (exact) mass is 498 g/mol. The fraction of sp³-hybridized carbons (Fsp3) is 0.839. The predicted octanol–water partition coefficient (Wildman–Crippen LogP) is 6.09. The Labute approximate surface area is 217 Å². The number of methoxy groups -OCH3 is 1. The zero-order valence-corrected chi connectivity index (χ0v) is 23.7. The molecule has 9 atom stereocenters. The molecule has 1 saturated heterocycles. The van der Waals surface area contributed by atoms with Crippen LogP contribution in [0.25, 0.3) is 0 Å². The third-order valence-corrected chi connectivity index (χ3v) is 12.4. The average Bonchev–Trinajstić information content (AvgIpc) is 3.16. The maximum absolute atomic E-state index is 14.3. The van der Waals surface area contributed by atoms with Gasteiger partial charge >= 0.3 is 0 Å². The van der Waals surface area contributed by atoms with Gasteiger partial charge in [-0.05, 0) is 74.7 Å². The molecule has 5 fully saturated rings. The molecule has 0 amide bonds. The topological polar surface area (TPSA) is 69.7 Å². The molecule has 0 N–H and O–H groups in total. The van der Waals surface area contributed by atoms with Crippen molar-refractivity contribution in [3.8, 4) is 0 Å². The molecule has 0 aromatic carbocycles. The van der Waals surface area contributed by atoms with E-state index in [0.717, 1.165) is 37.7 Å². The van der Waals surface area contributed by atoms with Gasteiger partial charge in [0.2, 0.25) is 0 Å². The first-order chi connectivity index (χ1) is 16.7. The molecular weight excluding hydrogens is 452 g/mol. The second kappa shape index (κ2) is 8.09. The lowest BCUT2D eigenvalue weighted by atomic mass is 9.36. The zero-order valence-electron chi connectivity index (χ0n) is 23.7. The van der Waals surface area contributed by atoms with Crippen LogP contribution in [0.1, 0.15) is 99.8 Å². The quantitative estimate of drug-likeness (QED) is 0.429. The predicted molar refractivity (Wildman–Crippen MR) is 138 cm³/mol. The molecule has 1 aliphatic heterocycles. The number of fused-ring (bicyclic) bond motifs is 2. The number of ether oxygens (including phenoxy) is 2. The molecule has 5 rings (SSSR count). The highest BCUT2D eigenvalue weighted by atomic mass is 16.7. The molecule has 4 aliphatic carbocycles. The molecule has 5 heteroatoms. The number of hydrogen-bond acceptors (Lipinski definition) is 5. The van der Waals surface area contributed by atoms with Crippen molar-refractivity contribution in [3.63, 3.8) is 0 Å². The highest BCUT2D eigenvalue weighted by molar-refractivity contribution is 5.92. The van der Waals surface area contributed by atoms with Crippen LogP contribution in [0, 0.1) is 45.3 Å². The third-order valence-electron chi connectivity index (χ3n) is 12.4. The molecular formula is C31H46O5. The van der Waals surface area contributed by atoms with Crippen LogP contribution in [0.2, 0.25) is 0 Å². The van der Waals surface area contributed by atoms with Crippen LogP contribution in [0.15, 0.2) is 11.6 Å². The van der Waals surface area contributed by atoms with E-state index in [9.17, 15) is 14.4 Å². The van der Waals surface area contributed by atoms with Gasteiger partial charge in [0.15, 0.2) is 12.1 Å². The first kappa shape index (κ1) is 26.3. The molecule has 5 aliphatic rings. The van der Waals surface area contributed by atoms with Gasteiger partial charge in [0, 0.05) is 43.6 Å². The van der Waals surface area contributed by atoms with Gasteiger partial charge in [-0.25, -0.2) is 0 Å². The second-order valence-corrected chi connectivity index (χ2v) is 14.3. The number of Topliss-reactive ketones (excluding diaryl/α,β-unsaturated/α-hetero) is 2. The van der Waals surface area contributed by atoms with Crippen molar-refractivity contribution >= 4 is 17.3 Å². The summed E-state index contributed by atoms with van der Waals surface area (Å²) in [6.07, 6.45) is 7.47. The van der Waals surface area contributed by atoms with Crippen molar-refractivity contribution in [2.24, 2.45) is 45.3 Å². The van der Waals surface area contributed by atoms with Crippen molar-refractivity contribution in [3.05, 3.63) is 11.6 Å². The zero-order chi connectivity index (χ0) is 26.5. The fourth-order valence-electron chi connectivity index (χ4n) is 10.6. The lowest BCUT2D eigenvalue weighted by molar-refractivity contribution is -0.222. The molecule has 0 aromatic heterocycles. The summed E-state index contributed by atoms with van der Waals surface area (Å²) < 4.78 is 12.9. The fourth-order valence-corrected chi connectivity index (χ4v) is 10.6. The van der Waals surface area contributed by atoms with Gasteiger partial charge in [0.05, 0.1) is 11.0 Å². The van der Waals surface area contributed by atoms with Crippen LogP contribution in [0.4, 0.5) is 0 Å². The van der Waals surface area contributed by atoms with Gasteiger partial charge < -0.3 is 9.47 Å². The summed E-state index contributed by atoms with van der Waals surface area (Å²) in [6.45, 7) is 14.9. The lowest BCUT2D eigenvalue weighted by Gasteiger charge is -2.65. The van der Waals surface area contributed by atoms with Crippen LogP contribution >= 0.6 is 0 Å². The van der Waals surface area contributed by atoms with Crippen molar-refractivity contribution < 1.29 is 23.9 Å².